The molecule has 110 valence electrons. The van der Waals surface area contributed by atoms with E-state index in [1.54, 1.807) is 0 Å². The van der Waals surface area contributed by atoms with E-state index in [-0.39, 0.29) is 0 Å². The summed E-state index contributed by atoms with van der Waals surface area (Å²) >= 11 is 0. The second-order valence-electron chi connectivity index (χ2n) is 5.89. The normalized spacial score (nSPS) is 17.0. The molecule has 0 saturated heterocycles. The molecule has 3 rings (SSSR count). The van der Waals surface area contributed by atoms with Crippen LogP contribution >= 0.6 is 0 Å². The summed E-state index contributed by atoms with van der Waals surface area (Å²) in [5.41, 5.74) is 3.39. The SMILES string of the molecule is OC(CNC1CCCC1)c1ccc(-c2ccccc2)cc1. The fraction of sp³-hybridized carbons (Fsp3) is 0.368. The second kappa shape index (κ2) is 6.88. The average molecular weight is 281 g/mol. The van der Waals surface area contributed by atoms with E-state index in [1.807, 2.05) is 30.3 Å². The maximum absolute atomic E-state index is 10.3. The summed E-state index contributed by atoms with van der Waals surface area (Å²) in [6.07, 6.45) is 4.72. The quantitative estimate of drug-likeness (QED) is 0.870. The van der Waals surface area contributed by atoms with Gasteiger partial charge in [0.05, 0.1) is 6.10 Å². The summed E-state index contributed by atoms with van der Waals surface area (Å²) in [5.74, 6) is 0. The third kappa shape index (κ3) is 3.72. The highest BCUT2D eigenvalue weighted by atomic mass is 16.3. The van der Waals surface area contributed by atoms with Crippen molar-refractivity contribution in [1.29, 1.82) is 0 Å². The molecule has 0 aromatic heterocycles. The van der Waals surface area contributed by atoms with E-state index in [0.717, 1.165) is 5.56 Å². The van der Waals surface area contributed by atoms with E-state index in [2.05, 4.69) is 29.6 Å². The first-order valence-electron chi connectivity index (χ1n) is 7.90. The van der Waals surface area contributed by atoms with Gasteiger partial charge in [-0.3, -0.25) is 0 Å². The van der Waals surface area contributed by atoms with Crippen LogP contribution in [0.1, 0.15) is 37.4 Å². The van der Waals surface area contributed by atoms with Crippen LogP contribution in [0.5, 0.6) is 0 Å². The Kier molecular flexibility index (Phi) is 4.69. The van der Waals surface area contributed by atoms with Crippen LogP contribution in [0.2, 0.25) is 0 Å². The summed E-state index contributed by atoms with van der Waals surface area (Å²) in [6, 6.07) is 19.2. The second-order valence-corrected chi connectivity index (χ2v) is 5.89. The van der Waals surface area contributed by atoms with Crippen LogP contribution in [-0.4, -0.2) is 17.7 Å². The molecular formula is C19H23NO. The fourth-order valence-corrected chi connectivity index (χ4v) is 3.05. The van der Waals surface area contributed by atoms with Crippen LogP contribution in [0.3, 0.4) is 0 Å². The molecule has 1 fully saturated rings. The number of benzene rings is 2. The van der Waals surface area contributed by atoms with E-state index in [9.17, 15) is 5.11 Å². The molecule has 0 aliphatic heterocycles. The topological polar surface area (TPSA) is 32.3 Å². The van der Waals surface area contributed by atoms with Crippen LogP contribution in [0.4, 0.5) is 0 Å². The number of aliphatic hydroxyl groups is 1. The summed E-state index contributed by atoms with van der Waals surface area (Å²) in [5, 5.41) is 13.8. The smallest absolute Gasteiger partial charge is 0.0914 e. The Labute approximate surface area is 126 Å². The minimum absolute atomic E-state index is 0.421. The van der Waals surface area contributed by atoms with Gasteiger partial charge in [-0.1, -0.05) is 67.4 Å². The van der Waals surface area contributed by atoms with Crippen LogP contribution in [0, 0.1) is 0 Å². The average Bonchev–Trinajstić information content (AvgIpc) is 3.07. The summed E-state index contributed by atoms with van der Waals surface area (Å²) in [4.78, 5) is 0. The lowest BCUT2D eigenvalue weighted by Gasteiger charge is -2.16. The van der Waals surface area contributed by atoms with Crippen molar-refractivity contribution in [3.8, 4) is 11.1 Å². The highest BCUT2D eigenvalue weighted by molar-refractivity contribution is 5.63. The molecule has 1 saturated carbocycles. The molecule has 2 aromatic rings. The van der Waals surface area contributed by atoms with Gasteiger partial charge in [0, 0.05) is 12.6 Å². The molecule has 1 unspecified atom stereocenters. The van der Waals surface area contributed by atoms with Gasteiger partial charge in [-0.05, 0) is 29.5 Å². The monoisotopic (exact) mass is 281 g/mol. The van der Waals surface area contributed by atoms with Gasteiger partial charge in [-0.15, -0.1) is 0 Å². The molecular weight excluding hydrogens is 258 g/mol. The van der Waals surface area contributed by atoms with Gasteiger partial charge in [-0.25, -0.2) is 0 Å². The number of aliphatic hydroxyl groups excluding tert-OH is 1. The van der Waals surface area contributed by atoms with Crippen molar-refractivity contribution < 1.29 is 5.11 Å². The summed E-state index contributed by atoms with van der Waals surface area (Å²) in [6.45, 7) is 0.648. The van der Waals surface area contributed by atoms with Crippen molar-refractivity contribution in [2.24, 2.45) is 0 Å². The molecule has 2 N–H and O–H groups in total. The van der Waals surface area contributed by atoms with Gasteiger partial charge in [0.1, 0.15) is 0 Å². The minimum Gasteiger partial charge on any atom is -0.387 e. The summed E-state index contributed by atoms with van der Waals surface area (Å²) < 4.78 is 0. The largest absolute Gasteiger partial charge is 0.387 e. The Morgan fingerprint density at radius 1 is 0.905 bits per heavy atom. The molecule has 2 nitrogen and oxygen atoms in total. The highest BCUT2D eigenvalue weighted by Crippen LogP contribution is 2.22. The molecule has 0 heterocycles. The van der Waals surface area contributed by atoms with E-state index in [1.165, 1.54) is 36.8 Å². The fourth-order valence-electron chi connectivity index (χ4n) is 3.05. The van der Waals surface area contributed by atoms with Crippen LogP contribution in [-0.2, 0) is 0 Å². The van der Waals surface area contributed by atoms with Gasteiger partial charge >= 0.3 is 0 Å². The van der Waals surface area contributed by atoms with Crippen LogP contribution in [0.25, 0.3) is 11.1 Å². The third-order valence-corrected chi connectivity index (χ3v) is 4.36. The highest BCUT2D eigenvalue weighted by Gasteiger charge is 2.16. The Morgan fingerprint density at radius 2 is 1.52 bits per heavy atom. The zero-order chi connectivity index (χ0) is 14.5. The maximum atomic E-state index is 10.3. The molecule has 1 aliphatic rings. The van der Waals surface area contributed by atoms with E-state index in [0.29, 0.717) is 12.6 Å². The van der Waals surface area contributed by atoms with Crippen molar-refractivity contribution >= 4 is 0 Å². The van der Waals surface area contributed by atoms with Crippen LogP contribution in [0.15, 0.2) is 54.6 Å². The maximum Gasteiger partial charge on any atom is 0.0914 e. The lowest BCUT2D eigenvalue weighted by molar-refractivity contribution is 0.170. The lowest BCUT2D eigenvalue weighted by atomic mass is 10.0. The minimum atomic E-state index is -0.421. The van der Waals surface area contributed by atoms with Crippen molar-refractivity contribution in [3.63, 3.8) is 0 Å². The van der Waals surface area contributed by atoms with Gasteiger partial charge in [0.25, 0.3) is 0 Å². The number of hydrogen-bond acceptors (Lipinski definition) is 2. The number of hydrogen-bond donors (Lipinski definition) is 2. The predicted molar refractivity (Wildman–Crippen MR) is 87.1 cm³/mol. The van der Waals surface area contributed by atoms with Gasteiger partial charge < -0.3 is 10.4 Å². The Hall–Kier alpha value is -1.64. The first-order chi connectivity index (χ1) is 10.3. The molecule has 1 atom stereocenters. The van der Waals surface area contributed by atoms with Crippen molar-refractivity contribution in [2.75, 3.05) is 6.54 Å². The number of rotatable bonds is 5. The first kappa shape index (κ1) is 14.3. The van der Waals surface area contributed by atoms with E-state index in [4.69, 9.17) is 0 Å². The Balaban J connectivity index is 1.60. The van der Waals surface area contributed by atoms with Gasteiger partial charge in [-0.2, -0.15) is 0 Å². The molecule has 0 radical (unpaired) electrons. The lowest BCUT2D eigenvalue weighted by Crippen LogP contribution is -2.30. The van der Waals surface area contributed by atoms with Crippen LogP contribution < -0.4 is 5.32 Å². The van der Waals surface area contributed by atoms with E-state index < -0.39 is 6.10 Å². The molecule has 0 amide bonds. The van der Waals surface area contributed by atoms with Crippen molar-refractivity contribution in [2.45, 2.75) is 37.8 Å². The Bertz CT molecular complexity index is 544. The number of nitrogens with one attached hydrogen (secondary N) is 1. The first-order valence-corrected chi connectivity index (χ1v) is 7.90. The summed E-state index contributed by atoms with van der Waals surface area (Å²) in [7, 11) is 0. The standard InChI is InChI=1S/C19H23NO/c21-19(14-20-18-8-4-5-9-18)17-12-10-16(11-13-17)15-6-2-1-3-7-15/h1-3,6-7,10-13,18-21H,4-5,8-9,14H2. The van der Waals surface area contributed by atoms with E-state index >= 15 is 0 Å². The molecule has 21 heavy (non-hydrogen) atoms. The van der Waals surface area contributed by atoms with Crippen molar-refractivity contribution in [1.82, 2.24) is 5.32 Å². The molecule has 1 aliphatic carbocycles. The van der Waals surface area contributed by atoms with Gasteiger partial charge in [0.2, 0.25) is 0 Å². The molecule has 2 aromatic carbocycles. The van der Waals surface area contributed by atoms with Crippen molar-refractivity contribution in [3.05, 3.63) is 60.2 Å². The molecule has 2 heteroatoms. The van der Waals surface area contributed by atoms with Gasteiger partial charge in [0.15, 0.2) is 0 Å². The zero-order valence-electron chi connectivity index (χ0n) is 12.3. The Morgan fingerprint density at radius 3 is 2.19 bits per heavy atom. The third-order valence-electron chi connectivity index (χ3n) is 4.36. The molecule has 0 bridgehead atoms. The molecule has 0 spiro atoms. The zero-order valence-corrected chi connectivity index (χ0v) is 12.3. The predicted octanol–water partition coefficient (Wildman–Crippen LogP) is 3.92.